The fourth-order valence-corrected chi connectivity index (χ4v) is 3.03. The maximum atomic E-state index is 10.3. The summed E-state index contributed by atoms with van der Waals surface area (Å²) in [4.78, 5) is 30.7. The van der Waals surface area contributed by atoms with Crippen molar-refractivity contribution in [3.05, 3.63) is 0 Å². The lowest BCUT2D eigenvalue weighted by atomic mass is 10.1. The molecule has 23 heavy (non-hydrogen) atoms. The Morgan fingerprint density at radius 1 is 0.913 bits per heavy atom. The van der Waals surface area contributed by atoms with Crippen molar-refractivity contribution in [1.82, 2.24) is 0 Å². The summed E-state index contributed by atoms with van der Waals surface area (Å²) in [6, 6.07) is -2.75. The molecule has 3 unspecified atom stereocenters. The highest BCUT2D eigenvalue weighted by molar-refractivity contribution is 8.76. The van der Waals surface area contributed by atoms with E-state index in [-0.39, 0.29) is 11.5 Å². The van der Waals surface area contributed by atoms with Gasteiger partial charge in [-0.15, -0.1) is 0 Å². The summed E-state index contributed by atoms with van der Waals surface area (Å²) in [6.07, 6.45) is 0. The molecular weight excluding hydrogens is 366 g/mol. The van der Waals surface area contributed by atoms with Gasteiger partial charge >= 0.3 is 17.9 Å². The third-order valence-electron chi connectivity index (χ3n) is 2.24. The van der Waals surface area contributed by atoms with Crippen LogP contribution in [0.15, 0.2) is 0 Å². The molecule has 0 aromatic heterocycles. The smallest absolute Gasteiger partial charge is 0.321 e. The zero-order chi connectivity index (χ0) is 18.8. The van der Waals surface area contributed by atoms with E-state index in [9.17, 15) is 14.4 Å². The molecule has 136 valence electrons. The maximum absolute atomic E-state index is 10.3. The van der Waals surface area contributed by atoms with Gasteiger partial charge in [0.25, 0.3) is 0 Å². The summed E-state index contributed by atoms with van der Waals surface area (Å²) in [5.74, 6) is -2.70. The molecule has 0 aliphatic carbocycles. The van der Waals surface area contributed by atoms with Crippen LogP contribution in [0.25, 0.3) is 0 Å². The molecule has 0 radical (unpaired) electrons. The van der Waals surface area contributed by atoms with E-state index in [0.29, 0.717) is 0 Å². The van der Waals surface area contributed by atoms with Crippen molar-refractivity contribution in [2.45, 2.75) is 36.7 Å². The van der Waals surface area contributed by atoms with Crippen molar-refractivity contribution in [1.29, 1.82) is 0 Å². The summed E-state index contributed by atoms with van der Waals surface area (Å²) in [6.45, 7) is 3.32. The van der Waals surface area contributed by atoms with E-state index in [4.69, 9.17) is 32.5 Å². The number of rotatable bonds is 9. The van der Waals surface area contributed by atoms with Gasteiger partial charge < -0.3 is 32.5 Å². The average molecular weight is 390 g/mol. The Labute approximate surface area is 147 Å². The van der Waals surface area contributed by atoms with Crippen LogP contribution >= 0.6 is 34.2 Å². The standard InChI is InChI=1S/C6H12N2O4S2.C5H11NO2S/c7-3(5(9)10)1-13-14-2-4(8)6(11)12;1-5(2,9)3(6)4(7)8/h3-4H,1-2,7-8H2,(H,9,10)(H,11,12);3,9H,6H2,1-2H3,(H,7,8). The van der Waals surface area contributed by atoms with Crippen molar-refractivity contribution in [2.24, 2.45) is 17.2 Å². The zero-order valence-electron chi connectivity index (χ0n) is 12.7. The van der Waals surface area contributed by atoms with Gasteiger partial charge in [0, 0.05) is 16.3 Å². The first-order valence-corrected chi connectivity index (χ1v) is 9.16. The molecule has 0 amide bonds. The van der Waals surface area contributed by atoms with Crippen LogP contribution in [0.3, 0.4) is 0 Å². The first-order valence-electron chi connectivity index (χ1n) is 6.22. The molecule has 0 spiro atoms. The monoisotopic (exact) mass is 389 g/mol. The van der Waals surface area contributed by atoms with Crippen LogP contribution in [0.4, 0.5) is 0 Å². The minimum atomic E-state index is -1.07. The van der Waals surface area contributed by atoms with E-state index in [1.807, 2.05) is 0 Å². The van der Waals surface area contributed by atoms with Gasteiger partial charge in [0.2, 0.25) is 0 Å². The van der Waals surface area contributed by atoms with E-state index in [1.54, 1.807) is 13.8 Å². The Hall–Kier alpha value is -0.660. The Morgan fingerprint density at radius 2 is 1.22 bits per heavy atom. The van der Waals surface area contributed by atoms with Crippen LogP contribution in [0.2, 0.25) is 0 Å². The lowest BCUT2D eigenvalue weighted by Gasteiger charge is -2.21. The van der Waals surface area contributed by atoms with Crippen LogP contribution < -0.4 is 17.2 Å². The lowest BCUT2D eigenvalue weighted by molar-refractivity contribution is -0.139. The molecule has 0 saturated heterocycles. The molecule has 0 bridgehead atoms. The molecule has 0 aliphatic heterocycles. The zero-order valence-corrected chi connectivity index (χ0v) is 15.2. The first-order chi connectivity index (χ1) is 10.3. The predicted molar refractivity (Wildman–Crippen MR) is 94.8 cm³/mol. The predicted octanol–water partition coefficient (Wildman–Crippen LogP) is -0.702. The van der Waals surface area contributed by atoms with Gasteiger partial charge in [0.05, 0.1) is 0 Å². The van der Waals surface area contributed by atoms with Gasteiger partial charge in [-0.2, -0.15) is 12.6 Å². The molecule has 9 N–H and O–H groups in total. The minimum Gasteiger partial charge on any atom is -0.480 e. The molecular formula is C11H23N3O6S3. The second-order valence-corrected chi connectivity index (χ2v) is 8.63. The molecule has 9 nitrogen and oxygen atoms in total. The van der Waals surface area contributed by atoms with Crippen molar-refractivity contribution < 1.29 is 29.7 Å². The van der Waals surface area contributed by atoms with E-state index < -0.39 is 40.8 Å². The van der Waals surface area contributed by atoms with E-state index in [1.165, 1.54) is 21.6 Å². The number of hydrogen-bond acceptors (Lipinski definition) is 9. The van der Waals surface area contributed by atoms with E-state index >= 15 is 0 Å². The number of carbonyl (C=O) groups is 3. The van der Waals surface area contributed by atoms with Gasteiger partial charge in [-0.3, -0.25) is 14.4 Å². The summed E-state index contributed by atoms with van der Waals surface area (Å²) in [5.41, 5.74) is 15.6. The summed E-state index contributed by atoms with van der Waals surface area (Å²) in [7, 11) is 2.41. The molecule has 0 aliphatic rings. The normalized spacial score (nSPS) is 14.9. The Balaban J connectivity index is 0. The second kappa shape index (κ2) is 11.8. The summed E-state index contributed by atoms with van der Waals surface area (Å²) >= 11 is 3.98. The lowest BCUT2D eigenvalue weighted by Crippen LogP contribution is -2.45. The van der Waals surface area contributed by atoms with Gasteiger partial charge in [-0.1, -0.05) is 21.6 Å². The summed E-state index contributed by atoms with van der Waals surface area (Å²) in [5, 5.41) is 25.2. The molecule has 0 aromatic rings. The fourth-order valence-electron chi connectivity index (χ4n) is 0.688. The van der Waals surface area contributed by atoms with Crippen molar-refractivity contribution in [2.75, 3.05) is 11.5 Å². The maximum Gasteiger partial charge on any atom is 0.321 e. The number of nitrogens with two attached hydrogens (primary N) is 3. The molecule has 0 heterocycles. The Bertz CT molecular complexity index is 383. The van der Waals surface area contributed by atoms with E-state index in [0.717, 1.165) is 0 Å². The minimum absolute atomic E-state index is 0.229. The van der Waals surface area contributed by atoms with Crippen LogP contribution in [0.5, 0.6) is 0 Å². The quantitative estimate of drug-likeness (QED) is 0.150. The molecule has 12 heteroatoms. The number of hydrogen-bond donors (Lipinski definition) is 7. The van der Waals surface area contributed by atoms with Gasteiger partial charge in [0.15, 0.2) is 0 Å². The summed E-state index contributed by atoms with van der Waals surface area (Å²) < 4.78 is -0.647. The molecule has 0 rings (SSSR count). The Kier molecular flexibility index (Phi) is 12.6. The highest BCUT2D eigenvalue weighted by atomic mass is 33.1. The van der Waals surface area contributed by atoms with Crippen molar-refractivity contribution in [3.63, 3.8) is 0 Å². The molecule has 0 aromatic carbocycles. The molecule has 0 fully saturated rings. The van der Waals surface area contributed by atoms with Crippen molar-refractivity contribution in [3.8, 4) is 0 Å². The fraction of sp³-hybridized carbons (Fsp3) is 0.727. The third kappa shape index (κ3) is 13.5. The van der Waals surface area contributed by atoms with E-state index in [2.05, 4.69) is 12.6 Å². The van der Waals surface area contributed by atoms with Crippen LogP contribution in [0.1, 0.15) is 13.8 Å². The van der Waals surface area contributed by atoms with Gasteiger partial charge in [0.1, 0.15) is 18.1 Å². The van der Waals surface area contributed by atoms with Crippen molar-refractivity contribution >= 4 is 52.1 Å². The number of thiol groups is 1. The largest absolute Gasteiger partial charge is 0.480 e. The van der Waals surface area contributed by atoms with Gasteiger partial charge in [-0.25, -0.2) is 0 Å². The number of carboxylic acids is 3. The average Bonchev–Trinajstić information content (AvgIpc) is 2.41. The van der Waals surface area contributed by atoms with Crippen LogP contribution in [-0.4, -0.2) is 67.6 Å². The highest BCUT2D eigenvalue weighted by Crippen LogP contribution is 2.22. The topological polar surface area (TPSA) is 190 Å². The third-order valence-corrected chi connectivity index (χ3v) is 4.99. The Morgan fingerprint density at radius 3 is 1.35 bits per heavy atom. The molecule has 3 atom stereocenters. The van der Waals surface area contributed by atoms with Crippen LogP contribution in [0, 0.1) is 0 Å². The second-order valence-electron chi connectivity index (χ2n) is 4.93. The van der Waals surface area contributed by atoms with Crippen LogP contribution in [-0.2, 0) is 14.4 Å². The SMILES string of the molecule is CC(C)(S)C(N)C(=O)O.NC(CSSCC(N)C(=O)O)C(=O)O. The van der Waals surface area contributed by atoms with Gasteiger partial charge in [-0.05, 0) is 13.8 Å². The first kappa shape index (κ1) is 24.6. The molecule has 0 saturated carbocycles. The highest BCUT2D eigenvalue weighted by Gasteiger charge is 2.27. The number of aliphatic carboxylic acids is 3. The number of carboxylic acid groups (broad SMARTS) is 3.